The van der Waals surface area contributed by atoms with Crippen LogP contribution in [0, 0.1) is 0 Å². The summed E-state index contributed by atoms with van der Waals surface area (Å²) in [6, 6.07) is 9.76. The van der Waals surface area contributed by atoms with Crippen molar-refractivity contribution in [3.63, 3.8) is 0 Å². The van der Waals surface area contributed by atoms with Gasteiger partial charge in [-0.25, -0.2) is 0 Å². The lowest BCUT2D eigenvalue weighted by Gasteiger charge is -2.08. The van der Waals surface area contributed by atoms with Crippen molar-refractivity contribution in [1.82, 2.24) is 9.78 Å². The quantitative estimate of drug-likeness (QED) is 0.905. The zero-order valence-corrected chi connectivity index (χ0v) is 9.98. The number of rotatable bonds is 2. The van der Waals surface area contributed by atoms with E-state index in [1.54, 1.807) is 4.68 Å². The molecule has 0 radical (unpaired) electrons. The van der Waals surface area contributed by atoms with Crippen molar-refractivity contribution >= 4 is 15.9 Å². The average molecular weight is 266 g/mol. The van der Waals surface area contributed by atoms with E-state index in [4.69, 9.17) is 5.73 Å². The third-order valence-electron chi connectivity index (χ3n) is 2.28. The molecule has 0 aliphatic heterocycles. The highest BCUT2D eigenvalue weighted by molar-refractivity contribution is 9.10. The molecule has 0 spiro atoms. The molecule has 0 aliphatic rings. The fraction of sp³-hybridized carbons (Fsp3) is 0.182. The molecule has 1 unspecified atom stereocenters. The van der Waals surface area contributed by atoms with Crippen LogP contribution in [0.1, 0.15) is 17.3 Å². The third kappa shape index (κ3) is 2.27. The fourth-order valence-electron chi connectivity index (χ4n) is 1.44. The Morgan fingerprint density at radius 3 is 2.47 bits per heavy atom. The lowest BCUT2D eigenvalue weighted by Crippen LogP contribution is -2.12. The number of hydrogen-bond acceptors (Lipinski definition) is 2. The van der Waals surface area contributed by atoms with E-state index in [2.05, 4.69) is 21.0 Å². The van der Waals surface area contributed by atoms with E-state index in [1.165, 1.54) is 0 Å². The second-order valence-electron chi connectivity index (χ2n) is 3.44. The molecule has 15 heavy (non-hydrogen) atoms. The van der Waals surface area contributed by atoms with E-state index < -0.39 is 0 Å². The lowest BCUT2D eigenvalue weighted by atomic mass is 10.1. The van der Waals surface area contributed by atoms with Crippen LogP contribution in [-0.4, -0.2) is 9.78 Å². The molecule has 78 valence electrons. The molecule has 0 fully saturated rings. The number of halogens is 1. The number of aromatic nitrogens is 2. The van der Waals surface area contributed by atoms with Crippen molar-refractivity contribution in [2.75, 3.05) is 0 Å². The molecule has 2 aromatic rings. The summed E-state index contributed by atoms with van der Waals surface area (Å²) >= 11 is 3.39. The minimum Gasteiger partial charge on any atom is -0.319 e. The first-order valence-electron chi connectivity index (χ1n) is 4.67. The van der Waals surface area contributed by atoms with E-state index in [9.17, 15) is 0 Å². The van der Waals surface area contributed by atoms with Gasteiger partial charge in [-0.05, 0) is 23.8 Å². The van der Waals surface area contributed by atoms with Gasteiger partial charge in [0.05, 0.1) is 11.7 Å². The predicted molar refractivity (Wildman–Crippen MR) is 63.4 cm³/mol. The first kappa shape index (κ1) is 10.4. The third-order valence-corrected chi connectivity index (χ3v) is 2.81. The van der Waals surface area contributed by atoms with E-state index >= 15 is 0 Å². The average Bonchev–Trinajstić information content (AvgIpc) is 2.65. The Balaban J connectivity index is 2.28. The van der Waals surface area contributed by atoms with Gasteiger partial charge in [-0.3, -0.25) is 4.68 Å². The molecule has 0 bridgehead atoms. The molecule has 1 atom stereocenters. The van der Waals surface area contributed by atoms with Crippen molar-refractivity contribution in [3.05, 3.63) is 52.3 Å². The van der Waals surface area contributed by atoms with Crippen LogP contribution in [-0.2, 0) is 7.05 Å². The molecule has 2 N–H and O–H groups in total. The molecular formula is C11H12BrN3. The summed E-state index contributed by atoms with van der Waals surface area (Å²) in [5, 5.41) is 4.29. The molecule has 2 rings (SSSR count). The van der Waals surface area contributed by atoms with Crippen molar-refractivity contribution < 1.29 is 0 Å². The van der Waals surface area contributed by atoms with Gasteiger partial charge in [0.15, 0.2) is 0 Å². The maximum Gasteiger partial charge on any atom is 0.0837 e. The van der Waals surface area contributed by atoms with Gasteiger partial charge in [0, 0.05) is 17.7 Å². The highest BCUT2D eigenvalue weighted by Gasteiger charge is 2.10. The normalized spacial score (nSPS) is 12.7. The van der Waals surface area contributed by atoms with Crippen molar-refractivity contribution in [3.8, 4) is 0 Å². The van der Waals surface area contributed by atoms with Gasteiger partial charge < -0.3 is 5.73 Å². The summed E-state index contributed by atoms with van der Waals surface area (Å²) in [6.45, 7) is 0. The Labute approximate surface area is 97.0 Å². The molecule has 0 saturated heterocycles. The van der Waals surface area contributed by atoms with Gasteiger partial charge in [-0.1, -0.05) is 28.1 Å². The van der Waals surface area contributed by atoms with Crippen LogP contribution in [0.25, 0.3) is 0 Å². The molecule has 4 heteroatoms. The minimum atomic E-state index is -0.153. The van der Waals surface area contributed by atoms with Crippen LogP contribution in [0.15, 0.2) is 41.0 Å². The van der Waals surface area contributed by atoms with Crippen molar-refractivity contribution in [2.45, 2.75) is 6.04 Å². The molecular weight excluding hydrogens is 254 g/mol. The molecule has 0 saturated carbocycles. The Morgan fingerprint density at radius 1 is 1.27 bits per heavy atom. The predicted octanol–water partition coefficient (Wildman–Crippen LogP) is 2.23. The van der Waals surface area contributed by atoms with E-state index in [0.717, 1.165) is 15.7 Å². The fourth-order valence-corrected chi connectivity index (χ4v) is 1.70. The van der Waals surface area contributed by atoms with Crippen LogP contribution < -0.4 is 5.73 Å². The second-order valence-corrected chi connectivity index (χ2v) is 4.36. The summed E-state index contributed by atoms with van der Waals surface area (Å²) < 4.78 is 2.81. The number of benzene rings is 1. The summed E-state index contributed by atoms with van der Waals surface area (Å²) in [6.07, 6.45) is 1.90. The zero-order chi connectivity index (χ0) is 10.8. The Hall–Kier alpha value is -1.13. The first-order chi connectivity index (χ1) is 7.16. The standard InChI is InChI=1S/C11H12BrN3/c1-15-7-6-10(14-15)11(13)8-2-4-9(12)5-3-8/h2-7,11H,13H2,1H3. The summed E-state index contributed by atoms with van der Waals surface area (Å²) in [5.41, 5.74) is 8.04. The van der Waals surface area contributed by atoms with Crippen LogP contribution in [0.5, 0.6) is 0 Å². The van der Waals surface area contributed by atoms with Gasteiger partial charge in [0.2, 0.25) is 0 Å². The van der Waals surface area contributed by atoms with Crippen molar-refractivity contribution in [1.29, 1.82) is 0 Å². The summed E-state index contributed by atoms with van der Waals surface area (Å²) in [5.74, 6) is 0. The second kappa shape index (κ2) is 4.16. The lowest BCUT2D eigenvalue weighted by molar-refractivity contribution is 0.716. The number of nitrogens with two attached hydrogens (primary N) is 1. The molecule has 1 aromatic carbocycles. The number of nitrogens with zero attached hydrogens (tertiary/aromatic N) is 2. The van der Waals surface area contributed by atoms with Gasteiger partial charge in [-0.2, -0.15) is 5.10 Å². The summed E-state index contributed by atoms with van der Waals surface area (Å²) in [4.78, 5) is 0. The Morgan fingerprint density at radius 2 is 1.93 bits per heavy atom. The van der Waals surface area contributed by atoms with Gasteiger partial charge in [-0.15, -0.1) is 0 Å². The first-order valence-corrected chi connectivity index (χ1v) is 5.47. The smallest absolute Gasteiger partial charge is 0.0837 e. The topological polar surface area (TPSA) is 43.8 Å². The van der Waals surface area contributed by atoms with Crippen LogP contribution in [0.4, 0.5) is 0 Å². The monoisotopic (exact) mass is 265 g/mol. The van der Waals surface area contributed by atoms with E-state index in [0.29, 0.717) is 0 Å². The highest BCUT2D eigenvalue weighted by Crippen LogP contribution is 2.19. The Bertz CT molecular complexity index is 447. The van der Waals surface area contributed by atoms with E-state index in [-0.39, 0.29) is 6.04 Å². The molecule has 1 heterocycles. The molecule has 1 aromatic heterocycles. The maximum absolute atomic E-state index is 6.09. The van der Waals surface area contributed by atoms with Gasteiger partial charge >= 0.3 is 0 Å². The highest BCUT2D eigenvalue weighted by atomic mass is 79.9. The number of hydrogen-bond donors (Lipinski definition) is 1. The van der Waals surface area contributed by atoms with Crippen LogP contribution in [0.3, 0.4) is 0 Å². The zero-order valence-electron chi connectivity index (χ0n) is 8.39. The Kier molecular flexibility index (Phi) is 2.88. The molecule has 0 amide bonds. The largest absolute Gasteiger partial charge is 0.319 e. The summed E-state index contributed by atoms with van der Waals surface area (Å²) in [7, 11) is 1.89. The van der Waals surface area contributed by atoms with Gasteiger partial charge in [0.25, 0.3) is 0 Å². The van der Waals surface area contributed by atoms with Gasteiger partial charge in [0.1, 0.15) is 0 Å². The van der Waals surface area contributed by atoms with Crippen molar-refractivity contribution in [2.24, 2.45) is 12.8 Å². The maximum atomic E-state index is 6.09. The van der Waals surface area contributed by atoms with E-state index in [1.807, 2.05) is 43.6 Å². The SMILES string of the molecule is Cn1ccc(C(N)c2ccc(Br)cc2)n1. The molecule has 3 nitrogen and oxygen atoms in total. The van der Waals surface area contributed by atoms with Crippen LogP contribution in [0.2, 0.25) is 0 Å². The molecule has 0 aliphatic carbocycles. The van der Waals surface area contributed by atoms with Crippen LogP contribution >= 0.6 is 15.9 Å². The minimum absolute atomic E-state index is 0.153. The number of aryl methyl sites for hydroxylation is 1.